The molecule has 0 saturated heterocycles. The van der Waals surface area contributed by atoms with E-state index in [4.69, 9.17) is 10.3 Å². The molecule has 0 aliphatic carbocycles. The molecule has 0 amide bonds. The van der Waals surface area contributed by atoms with Crippen molar-refractivity contribution in [2.45, 2.75) is 25.8 Å². The molecule has 0 aromatic heterocycles. The Morgan fingerprint density at radius 1 is 1.47 bits per heavy atom. The molecule has 0 radical (unpaired) electrons. The fraction of sp³-hybridized carbons (Fsp3) is 0.417. The van der Waals surface area contributed by atoms with E-state index in [2.05, 4.69) is 10.0 Å². The van der Waals surface area contributed by atoms with Gasteiger partial charge < -0.3 is 4.74 Å². The highest BCUT2D eigenvalue weighted by atomic mass is 16.5. The number of hydrogen-bond acceptors (Lipinski definition) is 3. The summed E-state index contributed by atoms with van der Waals surface area (Å²) >= 11 is 0. The van der Waals surface area contributed by atoms with Crippen molar-refractivity contribution in [1.82, 2.24) is 0 Å². The van der Waals surface area contributed by atoms with Crippen LogP contribution in [-0.2, 0) is 9.53 Å². The van der Waals surface area contributed by atoms with Crippen molar-refractivity contribution in [3.8, 4) is 0 Å². The molecule has 0 aliphatic rings. The predicted octanol–water partition coefficient (Wildman–Crippen LogP) is 3.38. The highest BCUT2D eigenvalue weighted by Crippen LogP contribution is 2.22. The maximum absolute atomic E-state index is 11.2. The zero-order chi connectivity index (χ0) is 12.5. The van der Waals surface area contributed by atoms with E-state index in [-0.39, 0.29) is 18.4 Å². The monoisotopic (exact) mass is 233 g/mol. The molecule has 5 nitrogen and oxygen atoms in total. The fourth-order valence-corrected chi connectivity index (χ4v) is 1.52. The molecule has 0 saturated carbocycles. The largest absolute Gasteiger partial charge is 0.466 e. The van der Waals surface area contributed by atoms with Crippen LogP contribution in [0.25, 0.3) is 10.4 Å². The molecular weight excluding hydrogens is 218 g/mol. The van der Waals surface area contributed by atoms with Gasteiger partial charge in [0.1, 0.15) is 0 Å². The summed E-state index contributed by atoms with van der Waals surface area (Å²) in [5, 5.41) is 3.70. The van der Waals surface area contributed by atoms with Gasteiger partial charge in [-0.2, -0.15) is 0 Å². The van der Waals surface area contributed by atoms with Crippen molar-refractivity contribution in [3.63, 3.8) is 0 Å². The average molecular weight is 233 g/mol. The maximum atomic E-state index is 11.2. The summed E-state index contributed by atoms with van der Waals surface area (Å²) in [6, 6.07) is 9.08. The third-order valence-corrected chi connectivity index (χ3v) is 2.30. The van der Waals surface area contributed by atoms with Crippen LogP contribution in [0.15, 0.2) is 35.4 Å². The second kappa shape index (κ2) is 7.30. The van der Waals surface area contributed by atoms with E-state index in [1.807, 2.05) is 30.3 Å². The molecule has 0 heterocycles. The highest BCUT2D eigenvalue weighted by molar-refractivity contribution is 5.69. The molecule has 1 atom stereocenters. The Kier molecular flexibility index (Phi) is 5.61. The maximum Gasteiger partial charge on any atom is 0.305 e. The number of rotatable bonds is 6. The molecule has 17 heavy (non-hydrogen) atoms. The summed E-state index contributed by atoms with van der Waals surface area (Å²) in [6.07, 6.45) is 0.722. The van der Waals surface area contributed by atoms with Crippen molar-refractivity contribution in [1.29, 1.82) is 0 Å². The van der Waals surface area contributed by atoms with Crippen LogP contribution in [-0.4, -0.2) is 12.6 Å². The van der Waals surface area contributed by atoms with Crippen LogP contribution in [0, 0.1) is 0 Å². The topological polar surface area (TPSA) is 75.1 Å². The summed E-state index contributed by atoms with van der Waals surface area (Å²) in [5.41, 5.74) is 9.42. The Labute approximate surface area is 100 Å². The molecule has 5 heteroatoms. The molecule has 1 rings (SSSR count). The molecule has 1 unspecified atom stereocenters. The minimum Gasteiger partial charge on any atom is -0.466 e. The quantitative estimate of drug-likeness (QED) is 0.327. The van der Waals surface area contributed by atoms with E-state index in [1.165, 1.54) is 0 Å². The first kappa shape index (κ1) is 13.1. The van der Waals surface area contributed by atoms with E-state index >= 15 is 0 Å². The molecule has 1 aromatic rings. The standard InChI is InChI=1S/C12H15N3O2/c1-2-17-12(16)9-8-11(14-15-13)10-6-4-3-5-7-10/h3-7,11H,2,8-9H2,1H3. The summed E-state index contributed by atoms with van der Waals surface area (Å²) in [6.45, 7) is 2.14. The summed E-state index contributed by atoms with van der Waals surface area (Å²) in [4.78, 5) is 14.0. The zero-order valence-electron chi connectivity index (χ0n) is 9.74. The number of hydrogen-bond donors (Lipinski definition) is 0. The van der Waals surface area contributed by atoms with Crippen molar-refractivity contribution in [2.24, 2.45) is 5.11 Å². The van der Waals surface area contributed by atoms with E-state index in [1.54, 1.807) is 6.92 Å². The van der Waals surface area contributed by atoms with Gasteiger partial charge in [0.15, 0.2) is 0 Å². The van der Waals surface area contributed by atoms with Gasteiger partial charge >= 0.3 is 5.97 Å². The van der Waals surface area contributed by atoms with Gasteiger partial charge in [0.05, 0.1) is 12.6 Å². The summed E-state index contributed by atoms with van der Waals surface area (Å²) < 4.78 is 4.83. The van der Waals surface area contributed by atoms with Gasteiger partial charge in [-0.1, -0.05) is 35.4 Å². The number of esters is 1. The molecule has 1 aromatic carbocycles. The number of benzene rings is 1. The summed E-state index contributed by atoms with van der Waals surface area (Å²) in [7, 11) is 0. The third-order valence-electron chi connectivity index (χ3n) is 2.30. The van der Waals surface area contributed by atoms with Crippen LogP contribution < -0.4 is 0 Å². The molecule has 0 bridgehead atoms. The average Bonchev–Trinajstić information content (AvgIpc) is 2.36. The van der Waals surface area contributed by atoms with Crippen molar-refractivity contribution < 1.29 is 9.53 Å². The van der Waals surface area contributed by atoms with E-state index in [9.17, 15) is 4.79 Å². The lowest BCUT2D eigenvalue weighted by Gasteiger charge is -2.10. The molecule has 0 fully saturated rings. The minimum absolute atomic E-state index is 0.256. The molecular formula is C12H15N3O2. The Hall–Kier alpha value is -2.00. The Morgan fingerprint density at radius 3 is 2.76 bits per heavy atom. The second-order valence-corrected chi connectivity index (χ2v) is 3.48. The Balaban J connectivity index is 2.62. The van der Waals surface area contributed by atoms with Gasteiger partial charge in [0.2, 0.25) is 0 Å². The van der Waals surface area contributed by atoms with Crippen LogP contribution in [0.4, 0.5) is 0 Å². The normalized spacial score (nSPS) is 11.4. The number of ether oxygens (including phenoxy) is 1. The lowest BCUT2D eigenvalue weighted by Crippen LogP contribution is -2.06. The predicted molar refractivity (Wildman–Crippen MR) is 64.2 cm³/mol. The molecule has 0 spiro atoms. The van der Waals surface area contributed by atoms with Gasteiger partial charge in [-0.25, -0.2) is 0 Å². The van der Waals surface area contributed by atoms with Crippen LogP contribution in [0.3, 0.4) is 0 Å². The smallest absolute Gasteiger partial charge is 0.305 e. The molecule has 0 N–H and O–H groups in total. The molecule has 0 aliphatic heterocycles. The zero-order valence-corrected chi connectivity index (χ0v) is 9.74. The van der Waals surface area contributed by atoms with E-state index in [0.29, 0.717) is 13.0 Å². The van der Waals surface area contributed by atoms with Crippen molar-refractivity contribution in [3.05, 3.63) is 46.3 Å². The third kappa shape index (κ3) is 4.57. The molecule has 90 valence electrons. The first-order valence-corrected chi connectivity index (χ1v) is 5.52. The van der Waals surface area contributed by atoms with E-state index in [0.717, 1.165) is 5.56 Å². The van der Waals surface area contributed by atoms with Crippen molar-refractivity contribution in [2.75, 3.05) is 6.61 Å². The van der Waals surface area contributed by atoms with Gasteiger partial charge in [-0.3, -0.25) is 4.79 Å². The number of azide groups is 1. The fourth-order valence-electron chi connectivity index (χ4n) is 1.52. The minimum atomic E-state index is -0.314. The first-order chi connectivity index (χ1) is 8.27. The van der Waals surface area contributed by atoms with Gasteiger partial charge in [0, 0.05) is 11.3 Å². The van der Waals surface area contributed by atoms with Crippen LogP contribution in [0.5, 0.6) is 0 Å². The first-order valence-electron chi connectivity index (χ1n) is 5.52. The van der Waals surface area contributed by atoms with Gasteiger partial charge in [0.25, 0.3) is 0 Å². The highest BCUT2D eigenvalue weighted by Gasteiger charge is 2.12. The van der Waals surface area contributed by atoms with Gasteiger partial charge in [-0.05, 0) is 24.4 Å². The Bertz CT molecular complexity index is 399. The lowest BCUT2D eigenvalue weighted by molar-refractivity contribution is -0.143. The van der Waals surface area contributed by atoms with E-state index < -0.39 is 0 Å². The van der Waals surface area contributed by atoms with Crippen LogP contribution >= 0.6 is 0 Å². The van der Waals surface area contributed by atoms with Crippen molar-refractivity contribution >= 4 is 5.97 Å². The number of nitrogens with zero attached hydrogens (tertiary/aromatic N) is 3. The second-order valence-electron chi connectivity index (χ2n) is 3.48. The lowest BCUT2D eigenvalue weighted by atomic mass is 10.0. The SMILES string of the molecule is CCOC(=O)CCC(N=[N+]=[N-])c1ccccc1. The number of carbonyl (C=O) groups excluding carboxylic acids is 1. The van der Waals surface area contributed by atoms with Crippen LogP contribution in [0.1, 0.15) is 31.4 Å². The van der Waals surface area contributed by atoms with Crippen LogP contribution in [0.2, 0.25) is 0 Å². The summed E-state index contributed by atoms with van der Waals surface area (Å²) in [5.74, 6) is -0.262. The number of carbonyl (C=O) groups is 1. The van der Waals surface area contributed by atoms with Gasteiger partial charge in [-0.15, -0.1) is 0 Å². The Morgan fingerprint density at radius 2 is 2.18 bits per heavy atom.